The zero-order chi connectivity index (χ0) is 8.10. The summed E-state index contributed by atoms with van der Waals surface area (Å²) in [4.78, 5) is 0. The molecule has 0 aromatic rings. The first-order chi connectivity index (χ1) is 5.34. The average molecular weight is 160 g/mol. The summed E-state index contributed by atoms with van der Waals surface area (Å²) in [6.07, 6.45) is 3.68. The Bertz CT molecular complexity index is 100. The van der Waals surface area contributed by atoms with Crippen LogP contribution in [0.3, 0.4) is 0 Å². The minimum atomic E-state index is -0.257. The van der Waals surface area contributed by atoms with Gasteiger partial charge < -0.3 is 0 Å². The molecule has 1 N–H and O–H groups in total. The van der Waals surface area contributed by atoms with E-state index in [4.69, 9.17) is 0 Å². The molecule has 11 heavy (non-hydrogen) atoms. The Kier molecular flexibility index (Phi) is 3.80. The Morgan fingerprint density at radius 2 is 2.27 bits per heavy atom. The average Bonchev–Trinajstić information content (AvgIpc) is 2.30. The van der Waals surface area contributed by atoms with Gasteiger partial charge in [-0.15, -0.1) is 0 Å². The zero-order valence-corrected chi connectivity index (χ0v) is 7.15. The van der Waals surface area contributed by atoms with Crippen molar-refractivity contribution < 1.29 is 4.39 Å². The van der Waals surface area contributed by atoms with Crippen LogP contribution in [-0.4, -0.2) is 30.8 Å². The second-order valence-corrected chi connectivity index (χ2v) is 3.17. The lowest BCUT2D eigenvalue weighted by Gasteiger charge is -2.25. The Balaban J connectivity index is 2.30. The molecule has 0 aromatic heterocycles. The van der Waals surface area contributed by atoms with E-state index in [1.165, 1.54) is 19.3 Å². The molecule has 0 saturated carbocycles. The van der Waals surface area contributed by atoms with Gasteiger partial charge in [-0.2, -0.15) is 0 Å². The molecular formula is C8H17FN2. The zero-order valence-electron chi connectivity index (χ0n) is 7.15. The second kappa shape index (κ2) is 4.67. The van der Waals surface area contributed by atoms with Crippen molar-refractivity contribution in [1.82, 2.24) is 10.4 Å². The van der Waals surface area contributed by atoms with Gasteiger partial charge in [-0.05, 0) is 19.8 Å². The van der Waals surface area contributed by atoms with Crippen LogP contribution in [0, 0.1) is 0 Å². The number of hydrazine groups is 1. The highest BCUT2D eigenvalue weighted by Crippen LogP contribution is 2.05. The van der Waals surface area contributed by atoms with Gasteiger partial charge in [-0.1, -0.05) is 6.42 Å². The number of rotatable bonds is 2. The number of alkyl halides is 1. The topological polar surface area (TPSA) is 15.3 Å². The number of nitrogens with one attached hydrogen (secondary N) is 1. The summed E-state index contributed by atoms with van der Waals surface area (Å²) in [7, 11) is 0. The summed E-state index contributed by atoms with van der Waals surface area (Å²) in [5.41, 5.74) is 3.23. The van der Waals surface area contributed by atoms with Crippen LogP contribution in [0.1, 0.15) is 26.2 Å². The lowest BCUT2D eigenvalue weighted by molar-refractivity contribution is 0.123. The first-order valence-electron chi connectivity index (χ1n) is 4.40. The maximum atomic E-state index is 12.2. The van der Waals surface area contributed by atoms with Gasteiger partial charge in [0.25, 0.3) is 0 Å². The summed E-state index contributed by atoms with van der Waals surface area (Å²) < 4.78 is 12.2. The highest BCUT2D eigenvalue weighted by atomic mass is 19.1. The molecule has 1 saturated heterocycles. The molecule has 1 rings (SSSR count). The predicted octanol–water partition coefficient (Wildman–Crippen LogP) is 1.33. The Morgan fingerprint density at radius 3 is 3.00 bits per heavy atom. The predicted molar refractivity (Wildman–Crippen MR) is 44.0 cm³/mol. The van der Waals surface area contributed by atoms with Crippen LogP contribution in [0.2, 0.25) is 0 Å². The molecule has 1 heterocycles. The van der Waals surface area contributed by atoms with E-state index in [1.807, 2.05) is 11.9 Å². The molecule has 0 bridgehead atoms. The third kappa shape index (κ3) is 2.75. The van der Waals surface area contributed by atoms with Crippen molar-refractivity contribution in [1.29, 1.82) is 0 Å². The number of nitrogens with zero attached hydrogens (tertiary/aromatic N) is 1. The lowest BCUT2D eigenvalue weighted by atomic mass is 10.2. The molecule has 0 radical (unpaired) electrons. The van der Waals surface area contributed by atoms with Crippen LogP contribution >= 0.6 is 0 Å². The summed E-state index contributed by atoms with van der Waals surface area (Å²) in [6.45, 7) is 3.65. The smallest absolute Gasteiger partial charge is 0.106 e. The van der Waals surface area contributed by atoms with Gasteiger partial charge in [0, 0.05) is 19.1 Å². The first kappa shape index (κ1) is 8.94. The number of hydrogen-bond acceptors (Lipinski definition) is 2. The second-order valence-electron chi connectivity index (χ2n) is 3.17. The Labute approximate surface area is 67.7 Å². The van der Waals surface area contributed by atoms with E-state index < -0.39 is 0 Å². The van der Waals surface area contributed by atoms with E-state index in [1.54, 1.807) is 0 Å². The minimum Gasteiger partial charge on any atom is -0.255 e. The molecule has 0 aromatic carbocycles. The molecule has 1 unspecified atom stereocenters. The fourth-order valence-corrected chi connectivity index (χ4v) is 1.35. The lowest BCUT2D eigenvalue weighted by Crippen LogP contribution is -2.45. The van der Waals surface area contributed by atoms with Crippen LogP contribution in [0.25, 0.3) is 0 Å². The normalized spacial score (nSPS) is 24.5. The van der Waals surface area contributed by atoms with Gasteiger partial charge in [0.15, 0.2) is 0 Å². The standard InChI is InChI=1S/C8H17FN2/c1-8(7-9)11-6-4-2-3-5-10-11/h8,10H,2-7H2,1H3. The van der Waals surface area contributed by atoms with Crippen molar-refractivity contribution in [2.75, 3.05) is 19.8 Å². The first-order valence-corrected chi connectivity index (χ1v) is 4.40. The molecule has 0 aliphatic carbocycles. The fraction of sp³-hybridized carbons (Fsp3) is 1.00. The molecule has 3 heteroatoms. The summed E-state index contributed by atoms with van der Waals surface area (Å²) in [5.74, 6) is 0. The number of hydrogen-bond donors (Lipinski definition) is 1. The Hall–Kier alpha value is -0.150. The van der Waals surface area contributed by atoms with Crippen molar-refractivity contribution in [2.24, 2.45) is 0 Å². The quantitative estimate of drug-likeness (QED) is 0.655. The van der Waals surface area contributed by atoms with Gasteiger partial charge in [0.2, 0.25) is 0 Å². The third-order valence-electron chi connectivity index (χ3n) is 2.15. The molecule has 66 valence electrons. The molecular weight excluding hydrogens is 143 g/mol. The Morgan fingerprint density at radius 1 is 1.45 bits per heavy atom. The van der Waals surface area contributed by atoms with Crippen LogP contribution < -0.4 is 5.43 Å². The van der Waals surface area contributed by atoms with E-state index in [2.05, 4.69) is 5.43 Å². The monoisotopic (exact) mass is 160 g/mol. The van der Waals surface area contributed by atoms with Crippen molar-refractivity contribution in [2.45, 2.75) is 32.2 Å². The van der Waals surface area contributed by atoms with Gasteiger partial charge in [0.05, 0.1) is 0 Å². The molecule has 2 nitrogen and oxygen atoms in total. The summed E-state index contributed by atoms with van der Waals surface area (Å²) in [5, 5.41) is 2.02. The van der Waals surface area contributed by atoms with E-state index >= 15 is 0 Å². The molecule has 1 fully saturated rings. The molecule has 1 aliphatic rings. The maximum absolute atomic E-state index is 12.2. The highest BCUT2D eigenvalue weighted by Gasteiger charge is 2.14. The van der Waals surface area contributed by atoms with Gasteiger partial charge in [0.1, 0.15) is 6.67 Å². The van der Waals surface area contributed by atoms with Gasteiger partial charge in [-0.3, -0.25) is 5.43 Å². The van der Waals surface area contributed by atoms with Crippen molar-refractivity contribution in [3.05, 3.63) is 0 Å². The summed E-state index contributed by atoms with van der Waals surface area (Å²) >= 11 is 0. The van der Waals surface area contributed by atoms with E-state index in [0.717, 1.165) is 13.1 Å². The highest BCUT2D eigenvalue weighted by molar-refractivity contribution is 4.65. The molecule has 1 atom stereocenters. The van der Waals surface area contributed by atoms with Crippen molar-refractivity contribution >= 4 is 0 Å². The van der Waals surface area contributed by atoms with Crippen molar-refractivity contribution in [3.8, 4) is 0 Å². The van der Waals surface area contributed by atoms with Crippen LogP contribution in [0.4, 0.5) is 4.39 Å². The van der Waals surface area contributed by atoms with Crippen LogP contribution in [-0.2, 0) is 0 Å². The van der Waals surface area contributed by atoms with E-state index in [0.29, 0.717) is 0 Å². The molecule has 0 spiro atoms. The number of halogens is 1. The largest absolute Gasteiger partial charge is 0.255 e. The van der Waals surface area contributed by atoms with E-state index in [9.17, 15) is 4.39 Å². The van der Waals surface area contributed by atoms with E-state index in [-0.39, 0.29) is 12.7 Å². The van der Waals surface area contributed by atoms with Gasteiger partial charge >= 0.3 is 0 Å². The third-order valence-corrected chi connectivity index (χ3v) is 2.15. The van der Waals surface area contributed by atoms with Crippen LogP contribution in [0.15, 0.2) is 0 Å². The summed E-state index contributed by atoms with van der Waals surface area (Å²) in [6, 6.07) is 0.0353. The van der Waals surface area contributed by atoms with Crippen molar-refractivity contribution in [3.63, 3.8) is 0 Å². The maximum Gasteiger partial charge on any atom is 0.106 e. The minimum absolute atomic E-state index is 0.0353. The SMILES string of the molecule is CC(CF)N1CCCCCN1. The van der Waals surface area contributed by atoms with Crippen LogP contribution in [0.5, 0.6) is 0 Å². The van der Waals surface area contributed by atoms with Gasteiger partial charge in [-0.25, -0.2) is 9.40 Å². The molecule has 0 amide bonds. The molecule has 1 aliphatic heterocycles. The fourth-order valence-electron chi connectivity index (χ4n) is 1.35.